The smallest absolute Gasteiger partial charge is 0.0273 e. The van der Waals surface area contributed by atoms with E-state index >= 15 is 0 Å². The summed E-state index contributed by atoms with van der Waals surface area (Å²) in [6.07, 6.45) is 1.75. The molecule has 0 saturated carbocycles. The molecule has 0 spiro atoms. The third kappa shape index (κ3) is 3.09. The summed E-state index contributed by atoms with van der Waals surface area (Å²) in [6, 6.07) is 0. The van der Waals surface area contributed by atoms with Crippen LogP contribution in [0.25, 0.3) is 0 Å². The highest BCUT2D eigenvalue weighted by Crippen LogP contribution is 2.36. The molecule has 0 aromatic carbocycles. The molecular weight excluding hydrogens is 196 g/mol. The number of nitrogens with zero attached hydrogens (tertiary/aromatic N) is 1. The maximum absolute atomic E-state index is 5.81. The molecule has 0 saturated heterocycles. The van der Waals surface area contributed by atoms with Crippen molar-refractivity contribution in [2.24, 2.45) is 10.7 Å². The van der Waals surface area contributed by atoms with Crippen LogP contribution in [0.2, 0.25) is 0 Å². The molecule has 0 bridgehead atoms. The van der Waals surface area contributed by atoms with Gasteiger partial charge in [0, 0.05) is 12.7 Å². The fourth-order valence-electron chi connectivity index (χ4n) is 1.81. The second-order valence-corrected chi connectivity index (χ2v) is 4.07. The molecular formula is C14H24N2. The summed E-state index contributed by atoms with van der Waals surface area (Å²) in [6.45, 7) is 12.4. The topological polar surface area (TPSA) is 38.4 Å². The van der Waals surface area contributed by atoms with Crippen LogP contribution >= 0.6 is 0 Å². The van der Waals surface area contributed by atoms with Gasteiger partial charge in [-0.25, -0.2) is 0 Å². The van der Waals surface area contributed by atoms with Crippen molar-refractivity contribution in [3.8, 4) is 0 Å². The molecule has 90 valence electrons. The molecule has 1 aliphatic carbocycles. The lowest BCUT2D eigenvalue weighted by atomic mass is 10.0. The molecule has 0 amide bonds. The van der Waals surface area contributed by atoms with E-state index in [0.29, 0.717) is 0 Å². The van der Waals surface area contributed by atoms with Gasteiger partial charge in [-0.15, -0.1) is 0 Å². The first-order chi connectivity index (χ1) is 7.38. The maximum Gasteiger partial charge on any atom is 0.0273 e. The first-order valence-corrected chi connectivity index (χ1v) is 5.57. The van der Waals surface area contributed by atoms with Gasteiger partial charge >= 0.3 is 0 Å². The Balaban J connectivity index is 0.000000487. The predicted octanol–water partition coefficient (Wildman–Crippen LogP) is 3.61. The van der Waals surface area contributed by atoms with Gasteiger partial charge in [0.2, 0.25) is 0 Å². The van der Waals surface area contributed by atoms with E-state index in [2.05, 4.69) is 32.7 Å². The summed E-state index contributed by atoms with van der Waals surface area (Å²) in [5.41, 5.74) is 13.4. The van der Waals surface area contributed by atoms with Crippen LogP contribution in [0.5, 0.6) is 0 Å². The fourth-order valence-corrected chi connectivity index (χ4v) is 1.81. The van der Waals surface area contributed by atoms with Gasteiger partial charge in [-0.2, -0.15) is 0 Å². The lowest BCUT2D eigenvalue weighted by Crippen LogP contribution is -1.98. The first kappa shape index (κ1) is 14.7. The number of allylic oxidation sites excluding steroid dienone is 6. The second-order valence-electron chi connectivity index (χ2n) is 4.07. The highest BCUT2D eigenvalue weighted by molar-refractivity contribution is 5.62. The fraction of sp³-hybridized carbons (Fsp3) is 0.500. The van der Waals surface area contributed by atoms with Gasteiger partial charge in [-0.1, -0.05) is 0 Å². The first-order valence-electron chi connectivity index (χ1n) is 5.57. The molecule has 2 N–H and O–H groups in total. The Kier molecular flexibility index (Phi) is 5.79. The Labute approximate surface area is 99.6 Å². The summed E-state index contributed by atoms with van der Waals surface area (Å²) in [7, 11) is 1.75. The molecule has 0 aliphatic heterocycles. The molecule has 0 radical (unpaired) electrons. The van der Waals surface area contributed by atoms with Gasteiger partial charge in [-0.05, 0) is 75.6 Å². The summed E-state index contributed by atoms with van der Waals surface area (Å²) >= 11 is 0. The van der Waals surface area contributed by atoms with E-state index in [-0.39, 0.29) is 0 Å². The summed E-state index contributed by atoms with van der Waals surface area (Å²) in [4.78, 5) is 3.61. The zero-order valence-corrected chi connectivity index (χ0v) is 11.6. The third-order valence-electron chi connectivity index (χ3n) is 3.09. The molecule has 2 nitrogen and oxygen atoms in total. The van der Waals surface area contributed by atoms with Crippen LogP contribution in [0.15, 0.2) is 38.6 Å². The predicted molar refractivity (Wildman–Crippen MR) is 73.7 cm³/mol. The average molecular weight is 220 g/mol. The zero-order valence-electron chi connectivity index (χ0n) is 11.6. The minimum atomic E-state index is 0.932. The van der Waals surface area contributed by atoms with E-state index in [4.69, 9.17) is 5.73 Å². The number of aliphatic imine (C=N–C) groups is 1. The van der Waals surface area contributed by atoms with E-state index in [1.807, 2.05) is 13.8 Å². The molecule has 1 rings (SSSR count). The summed E-state index contributed by atoms with van der Waals surface area (Å²) in [5.74, 6) is 0. The standard InChI is InChI=1S/C11H17N.C3H7N/c1-6-7(2)9(4)11(8(6)3)10(5)12;1-3-4-2/h12H2,1-5H3;3H,1-2H3. The van der Waals surface area contributed by atoms with Gasteiger partial charge in [0.25, 0.3) is 0 Å². The van der Waals surface area contributed by atoms with Crippen LogP contribution in [-0.2, 0) is 0 Å². The molecule has 0 aromatic heterocycles. The largest absolute Gasteiger partial charge is 0.402 e. The van der Waals surface area contributed by atoms with Crippen LogP contribution in [0.1, 0.15) is 41.5 Å². The van der Waals surface area contributed by atoms with Crippen molar-refractivity contribution in [1.82, 2.24) is 0 Å². The van der Waals surface area contributed by atoms with Crippen molar-refractivity contribution in [2.75, 3.05) is 7.05 Å². The highest BCUT2D eigenvalue weighted by Gasteiger charge is 2.18. The van der Waals surface area contributed by atoms with Crippen LogP contribution in [0.4, 0.5) is 0 Å². The monoisotopic (exact) mass is 220 g/mol. The van der Waals surface area contributed by atoms with Gasteiger partial charge < -0.3 is 10.7 Å². The molecule has 2 heteroatoms. The Morgan fingerprint density at radius 1 is 1.00 bits per heavy atom. The van der Waals surface area contributed by atoms with Crippen molar-refractivity contribution in [2.45, 2.75) is 41.5 Å². The molecule has 0 fully saturated rings. The highest BCUT2D eigenvalue weighted by atomic mass is 14.6. The van der Waals surface area contributed by atoms with Crippen molar-refractivity contribution in [1.29, 1.82) is 0 Å². The average Bonchev–Trinajstić information content (AvgIpc) is 2.43. The van der Waals surface area contributed by atoms with Gasteiger partial charge in [0.1, 0.15) is 0 Å². The minimum absolute atomic E-state index is 0.932. The second kappa shape index (κ2) is 6.31. The van der Waals surface area contributed by atoms with Gasteiger partial charge in [-0.3, -0.25) is 0 Å². The Bertz CT molecular complexity index is 346. The molecule has 0 heterocycles. The number of hydrogen-bond acceptors (Lipinski definition) is 2. The van der Waals surface area contributed by atoms with Gasteiger partial charge in [0.05, 0.1) is 0 Å². The summed E-state index contributed by atoms with van der Waals surface area (Å²) in [5, 5.41) is 0. The minimum Gasteiger partial charge on any atom is -0.402 e. The number of nitrogens with two attached hydrogens (primary N) is 1. The molecule has 0 atom stereocenters. The van der Waals surface area contributed by atoms with E-state index in [0.717, 1.165) is 5.70 Å². The van der Waals surface area contributed by atoms with E-state index in [9.17, 15) is 0 Å². The normalized spacial score (nSPS) is 15.8. The lowest BCUT2D eigenvalue weighted by Gasteiger charge is -2.05. The molecule has 1 aliphatic rings. The van der Waals surface area contributed by atoms with Crippen LogP contribution < -0.4 is 5.73 Å². The van der Waals surface area contributed by atoms with E-state index in [1.165, 1.54) is 27.9 Å². The Hall–Kier alpha value is -1.31. The SMILES string of the molecule is CC(N)=C1C(C)=C(C)C(C)=C1C.CC=NC. The van der Waals surface area contributed by atoms with Crippen LogP contribution in [-0.4, -0.2) is 13.3 Å². The molecule has 16 heavy (non-hydrogen) atoms. The zero-order chi connectivity index (χ0) is 12.9. The van der Waals surface area contributed by atoms with E-state index in [1.54, 1.807) is 13.3 Å². The van der Waals surface area contributed by atoms with Gasteiger partial charge in [0.15, 0.2) is 0 Å². The number of hydrogen-bond donors (Lipinski definition) is 1. The van der Waals surface area contributed by atoms with Crippen LogP contribution in [0.3, 0.4) is 0 Å². The summed E-state index contributed by atoms with van der Waals surface area (Å²) < 4.78 is 0. The Morgan fingerprint density at radius 3 is 1.44 bits per heavy atom. The van der Waals surface area contributed by atoms with E-state index < -0.39 is 0 Å². The quantitative estimate of drug-likeness (QED) is 0.622. The van der Waals surface area contributed by atoms with Crippen molar-refractivity contribution in [3.05, 3.63) is 33.6 Å². The third-order valence-corrected chi connectivity index (χ3v) is 3.09. The van der Waals surface area contributed by atoms with Crippen molar-refractivity contribution in [3.63, 3.8) is 0 Å². The molecule has 0 unspecified atom stereocenters. The Morgan fingerprint density at radius 2 is 1.31 bits per heavy atom. The molecule has 0 aromatic rings. The number of rotatable bonds is 0. The van der Waals surface area contributed by atoms with Crippen LogP contribution in [0, 0.1) is 0 Å². The maximum atomic E-state index is 5.81. The lowest BCUT2D eigenvalue weighted by molar-refractivity contribution is 1.20. The van der Waals surface area contributed by atoms with Crippen molar-refractivity contribution < 1.29 is 0 Å². The van der Waals surface area contributed by atoms with Crippen molar-refractivity contribution >= 4 is 6.21 Å².